The number of rotatable bonds is 4. The lowest BCUT2D eigenvalue weighted by Gasteiger charge is -2.46. The van der Waals surface area contributed by atoms with Crippen LogP contribution in [0.15, 0.2) is 11.3 Å². The molecule has 2 fully saturated rings. The highest BCUT2D eigenvalue weighted by molar-refractivity contribution is 6.00. The molecular formula is C15H22N2O5. The molecule has 3 aliphatic rings. The summed E-state index contributed by atoms with van der Waals surface area (Å²) in [6.45, 7) is 5.19. The Labute approximate surface area is 128 Å². The van der Waals surface area contributed by atoms with E-state index in [1.54, 1.807) is 6.92 Å². The third kappa shape index (κ3) is 2.15. The van der Waals surface area contributed by atoms with Crippen LogP contribution in [0.25, 0.3) is 0 Å². The third-order valence-electron chi connectivity index (χ3n) is 5.16. The van der Waals surface area contributed by atoms with E-state index in [0.29, 0.717) is 19.5 Å². The van der Waals surface area contributed by atoms with Gasteiger partial charge in [0, 0.05) is 25.6 Å². The lowest BCUT2D eigenvalue weighted by molar-refractivity contribution is -0.163. The molecule has 0 saturated carbocycles. The number of hydrogen-bond donors (Lipinski definition) is 3. The minimum absolute atomic E-state index is 0.0702. The lowest BCUT2D eigenvalue weighted by atomic mass is 9.77. The van der Waals surface area contributed by atoms with Gasteiger partial charge >= 0.3 is 5.97 Å². The SMILES string of the molecule is C[C@@H](O)C1C(=O)N2C(C(=O)O)=C(CN3CC[C@H](O)C3)[C@H](C)C12. The normalized spacial score (nSPS) is 36.5. The Morgan fingerprint density at radius 2 is 2.14 bits per heavy atom. The van der Waals surface area contributed by atoms with Crippen LogP contribution in [0.3, 0.4) is 0 Å². The highest BCUT2D eigenvalue weighted by atomic mass is 16.4. The van der Waals surface area contributed by atoms with Gasteiger partial charge in [-0.25, -0.2) is 4.79 Å². The van der Waals surface area contributed by atoms with Crippen LogP contribution >= 0.6 is 0 Å². The van der Waals surface area contributed by atoms with E-state index < -0.39 is 18.0 Å². The first-order valence-corrected chi connectivity index (χ1v) is 7.70. The molecule has 0 radical (unpaired) electrons. The van der Waals surface area contributed by atoms with Gasteiger partial charge in [-0.1, -0.05) is 6.92 Å². The van der Waals surface area contributed by atoms with Gasteiger partial charge in [-0.3, -0.25) is 9.69 Å². The number of hydrogen-bond acceptors (Lipinski definition) is 5. The Morgan fingerprint density at radius 1 is 1.45 bits per heavy atom. The molecule has 5 atom stereocenters. The number of β-lactam (4-membered cyclic amide) rings is 1. The molecule has 0 aromatic heterocycles. The molecule has 2 unspecified atom stereocenters. The van der Waals surface area contributed by atoms with Gasteiger partial charge in [-0.15, -0.1) is 0 Å². The van der Waals surface area contributed by atoms with Crippen LogP contribution in [0.2, 0.25) is 0 Å². The Kier molecular flexibility index (Phi) is 3.74. The molecule has 3 rings (SSSR count). The fourth-order valence-corrected chi connectivity index (χ4v) is 4.05. The standard InChI is InChI=1S/C15H22N2O5/c1-7-10(6-16-4-3-9(19)5-16)13(15(21)22)17-12(7)11(8(2)18)14(17)20/h7-9,11-12,18-19H,3-6H2,1-2H3,(H,21,22)/t7-,8+,9-,11?,12?/m0/s1. The number of likely N-dealkylation sites (tertiary alicyclic amines) is 1. The van der Waals surface area contributed by atoms with Crippen molar-refractivity contribution in [3.63, 3.8) is 0 Å². The van der Waals surface area contributed by atoms with Gasteiger partial charge < -0.3 is 20.2 Å². The van der Waals surface area contributed by atoms with Gasteiger partial charge in [0.2, 0.25) is 5.91 Å². The molecule has 3 aliphatic heterocycles. The van der Waals surface area contributed by atoms with Crippen molar-refractivity contribution < 1.29 is 24.9 Å². The summed E-state index contributed by atoms with van der Waals surface area (Å²) in [5, 5.41) is 28.9. The van der Waals surface area contributed by atoms with Gasteiger partial charge in [-0.05, 0) is 18.9 Å². The van der Waals surface area contributed by atoms with E-state index in [-0.39, 0.29) is 29.7 Å². The average molecular weight is 310 g/mol. The van der Waals surface area contributed by atoms with Gasteiger partial charge in [0.1, 0.15) is 5.70 Å². The maximum atomic E-state index is 12.2. The summed E-state index contributed by atoms with van der Waals surface area (Å²) in [6, 6.07) is -0.263. The molecule has 0 bridgehead atoms. The number of carbonyl (C=O) groups is 2. The molecule has 3 N–H and O–H groups in total. The van der Waals surface area contributed by atoms with Gasteiger partial charge in [0.15, 0.2) is 0 Å². The zero-order valence-corrected chi connectivity index (χ0v) is 12.8. The Hall–Kier alpha value is -1.44. The van der Waals surface area contributed by atoms with Gasteiger partial charge in [0.25, 0.3) is 0 Å². The van der Waals surface area contributed by atoms with E-state index in [0.717, 1.165) is 12.1 Å². The van der Waals surface area contributed by atoms with E-state index in [1.807, 2.05) is 11.8 Å². The van der Waals surface area contributed by atoms with E-state index >= 15 is 0 Å². The van der Waals surface area contributed by atoms with Crippen LogP contribution in [0, 0.1) is 11.8 Å². The quantitative estimate of drug-likeness (QED) is 0.591. The monoisotopic (exact) mass is 310 g/mol. The number of amides is 1. The highest BCUT2D eigenvalue weighted by Crippen LogP contribution is 2.47. The number of aliphatic hydroxyl groups excluding tert-OH is 2. The largest absolute Gasteiger partial charge is 0.477 e. The maximum absolute atomic E-state index is 12.2. The molecule has 22 heavy (non-hydrogen) atoms. The van der Waals surface area contributed by atoms with Crippen LogP contribution in [0.1, 0.15) is 20.3 Å². The highest BCUT2D eigenvalue weighted by Gasteiger charge is 2.59. The van der Waals surface area contributed by atoms with Crippen molar-refractivity contribution in [2.45, 2.75) is 38.5 Å². The summed E-state index contributed by atoms with van der Waals surface area (Å²) in [5.74, 6) is -2.02. The van der Waals surface area contributed by atoms with Crippen molar-refractivity contribution in [3.8, 4) is 0 Å². The fraction of sp³-hybridized carbons (Fsp3) is 0.733. The Bertz CT molecular complexity index is 544. The van der Waals surface area contributed by atoms with Crippen molar-refractivity contribution in [1.29, 1.82) is 0 Å². The second-order valence-electron chi connectivity index (χ2n) is 6.61. The summed E-state index contributed by atoms with van der Waals surface area (Å²) in [4.78, 5) is 27.2. The molecule has 122 valence electrons. The van der Waals surface area contributed by atoms with Crippen molar-refractivity contribution >= 4 is 11.9 Å². The minimum atomic E-state index is -1.10. The van der Waals surface area contributed by atoms with Crippen LogP contribution in [0.5, 0.6) is 0 Å². The first-order valence-electron chi connectivity index (χ1n) is 7.70. The number of fused-ring (bicyclic) bond motifs is 1. The van der Waals surface area contributed by atoms with Crippen LogP contribution in [-0.2, 0) is 9.59 Å². The zero-order chi connectivity index (χ0) is 16.2. The number of carbonyl (C=O) groups excluding carboxylic acids is 1. The van der Waals surface area contributed by atoms with E-state index in [9.17, 15) is 24.9 Å². The summed E-state index contributed by atoms with van der Waals surface area (Å²) >= 11 is 0. The molecule has 3 heterocycles. The summed E-state index contributed by atoms with van der Waals surface area (Å²) in [6.07, 6.45) is -0.458. The first kappa shape index (κ1) is 15.5. The van der Waals surface area contributed by atoms with Gasteiger partial charge in [-0.2, -0.15) is 0 Å². The predicted octanol–water partition coefficient (Wildman–Crippen LogP) is -0.751. The van der Waals surface area contributed by atoms with Crippen molar-refractivity contribution in [2.24, 2.45) is 11.8 Å². The van der Waals surface area contributed by atoms with Crippen LogP contribution in [-0.4, -0.2) is 74.9 Å². The molecule has 0 spiro atoms. The number of aliphatic carboxylic acids is 1. The first-order chi connectivity index (χ1) is 10.3. The van der Waals surface area contributed by atoms with Crippen LogP contribution in [0.4, 0.5) is 0 Å². The topological polar surface area (TPSA) is 101 Å². The Balaban J connectivity index is 1.87. The Morgan fingerprint density at radius 3 is 2.64 bits per heavy atom. The summed E-state index contributed by atoms with van der Waals surface area (Å²) < 4.78 is 0. The molecule has 0 aromatic rings. The zero-order valence-electron chi connectivity index (χ0n) is 12.8. The predicted molar refractivity (Wildman–Crippen MR) is 76.7 cm³/mol. The third-order valence-corrected chi connectivity index (χ3v) is 5.16. The molecule has 0 aromatic carbocycles. The van der Waals surface area contributed by atoms with Gasteiger partial charge in [0.05, 0.1) is 24.2 Å². The molecule has 0 aliphatic carbocycles. The molecule has 7 heteroatoms. The average Bonchev–Trinajstić information content (AvgIpc) is 2.92. The molecular weight excluding hydrogens is 288 g/mol. The van der Waals surface area contributed by atoms with Crippen molar-refractivity contribution in [1.82, 2.24) is 9.80 Å². The minimum Gasteiger partial charge on any atom is -0.477 e. The smallest absolute Gasteiger partial charge is 0.352 e. The van der Waals surface area contributed by atoms with E-state index in [1.165, 1.54) is 4.90 Å². The van der Waals surface area contributed by atoms with Crippen LogP contribution < -0.4 is 0 Å². The number of aliphatic hydroxyl groups is 2. The fourth-order valence-electron chi connectivity index (χ4n) is 4.05. The second-order valence-corrected chi connectivity index (χ2v) is 6.61. The summed E-state index contributed by atoms with van der Waals surface area (Å²) in [7, 11) is 0. The lowest BCUT2D eigenvalue weighted by Crippen LogP contribution is -2.63. The number of nitrogens with zero attached hydrogens (tertiary/aromatic N) is 2. The van der Waals surface area contributed by atoms with E-state index in [2.05, 4.69) is 0 Å². The molecule has 2 saturated heterocycles. The summed E-state index contributed by atoms with van der Waals surface area (Å²) in [5.41, 5.74) is 0.795. The van der Waals surface area contributed by atoms with Crippen molar-refractivity contribution in [3.05, 3.63) is 11.3 Å². The molecule has 7 nitrogen and oxygen atoms in total. The second kappa shape index (κ2) is 5.33. The molecule has 1 amide bonds. The number of β-amino-alcohol motifs (C(OH)–C–C–N with tert-alkyl or cyclic N) is 1. The number of carboxylic acids is 1. The van der Waals surface area contributed by atoms with E-state index in [4.69, 9.17) is 0 Å². The number of carboxylic acid groups (broad SMARTS) is 1. The maximum Gasteiger partial charge on any atom is 0.352 e. The van der Waals surface area contributed by atoms with Crippen molar-refractivity contribution in [2.75, 3.05) is 19.6 Å².